The molecule has 0 heterocycles. The molecule has 4 aromatic rings. The molecule has 16 heteroatoms. The number of para-hydroxylation sites is 1. The summed E-state index contributed by atoms with van der Waals surface area (Å²) in [6.07, 6.45) is -10.3. The maximum Gasteiger partial charge on any atom is 0.485 e. The monoisotopic (exact) mass is 690 g/mol. The van der Waals surface area contributed by atoms with E-state index < -0.39 is 71.9 Å². The molecule has 48 heavy (non-hydrogen) atoms. The molecule has 0 radical (unpaired) electrons. The van der Waals surface area contributed by atoms with Gasteiger partial charge in [-0.3, -0.25) is 4.90 Å². The Morgan fingerprint density at radius 2 is 1.25 bits per heavy atom. The number of nitrogens with one attached hydrogen (secondary N) is 1. The number of hydrogen-bond acceptors (Lipinski definition) is 4. The summed E-state index contributed by atoms with van der Waals surface area (Å²) < 4.78 is 132. The minimum atomic E-state index is -5.62. The van der Waals surface area contributed by atoms with Crippen molar-refractivity contribution >= 4 is 23.3 Å². The number of rotatable bonds is 8. The Labute approximate surface area is 265 Å². The molecular formula is C32H24F10N2O4. The molecule has 0 aliphatic rings. The summed E-state index contributed by atoms with van der Waals surface area (Å²) in [6.45, 7) is 1.85. The average molecular weight is 691 g/mol. The van der Waals surface area contributed by atoms with Gasteiger partial charge in [0.25, 0.3) is 0 Å². The molecule has 4 rings (SSSR count). The molecule has 4 aromatic carbocycles. The number of anilines is 2. The third-order valence-electron chi connectivity index (χ3n) is 6.90. The summed E-state index contributed by atoms with van der Waals surface area (Å²) in [5.74, 6) is -12.2. The van der Waals surface area contributed by atoms with Crippen molar-refractivity contribution in [1.82, 2.24) is 0 Å². The average Bonchev–Trinajstić information content (AvgIpc) is 2.99. The van der Waals surface area contributed by atoms with Gasteiger partial charge in [-0.15, -0.1) is 0 Å². The van der Waals surface area contributed by atoms with Gasteiger partial charge in [-0.2, -0.15) is 26.3 Å². The molecule has 0 aliphatic heterocycles. The maximum atomic E-state index is 13.8. The van der Waals surface area contributed by atoms with Crippen molar-refractivity contribution in [2.75, 3.05) is 10.2 Å². The van der Waals surface area contributed by atoms with E-state index in [1.165, 1.54) is 31.2 Å². The fourth-order valence-corrected chi connectivity index (χ4v) is 4.39. The fourth-order valence-electron chi connectivity index (χ4n) is 4.39. The highest BCUT2D eigenvalue weighted by atomic mass is 19.4. The third-order valence-corrected chi connectivity index (χ3v) is 6.90. The largest absolute Gasteiger partial charge is 0.485 e. The maximum absolute atomic E-state index is 13.8. The Morgan fingerprint density at radius 3 is 1.77 bits per heavy atom. The molecule has 0 saturated carbocycles. The summed E-state index contributed by atoms with van der Waals surface area (Å²) in [7, 11) is 0. The zero-order chi connectivity index (χ0) is 36.1. The van der Waals surface area contributed by atoms with Gasteiger partial charge in [0.15, 0.2) is 23.3 Å². The van der Waals surface area contributed by atoms with E-state index in [0.29, 0.717) is 16.7 Å². The second-order valence-corrected chi connectivity index (χ2v) is 10.1. The van der Waals surface area contributed by atoms with Crippen molar-refractivity contribution < 1.29 is 63.7 Å². The number of carbonyl (C=O) groups is 2. The standard InChI is InChI=1S/C16H10F7NO2.C16H14F3NO2/c1-6-2-3-7(4-8(6)15(25)26)24-5-9-11(17)13(19)10(16(21,22)23)14(20)12(9)18;1-11-6-2-3-7-12(11)10-20(16(17,18)19)14-9-5-4-8-13(14)15(21)22/h2-4,24H,5H2,1H3,(H,25,26);2-9H,10H2,1H3,(H,21,22). The molecule has 0 atom stereocenters. The molecule has 0 fully saturated rings. The topological polar surface area (TPSA) is 89.9 Å². The van der Waals surface area contributed by atoms with Gasteiger partial charge >= 0.3 is 24.4 Å². The SMILES string of the molecule is Cc1ccc(NCc2c(F)c(F)c(C(F)(F)F)c(F)c2F)cc1C(=O)O.Cc1ccccc1CN(c1ccccc1C(=O)O)C(F)(F)F. The van der Waals surface area contributed by atoms with Gasteiger partial charge in [0.1, 0.15) is 5.56 Å². The molecule has 0 bridgehead atoms. The second kappa shape index (κ2) is 14.6. The molecule has 0 saturated heterocycles. The van der Waals surface area contributed by atoms with Crippen molar-refractivity contribution in [2.45, 2.75) is 39.4 Å². The first-order valence-electron chi connectivity index (χ1n) is 13.5. The first-order valence-corrected chi connectivity index (χ1v) is 13.5. The quantitative estimate of drug-likeness (QED) is 0.0972. The summed E-state index contributed by atoms with van der Waals surface area (Å²) in [5.41, 5.74) is -3.21. The third kappa shape index (κ3) is 8.54. The highest BCUT2D eigenvalue weighted by molar-refractivity contribution is 5.94. The Morgan fingerprint density at radius 1 is 0.708 bits per heavy atom. The summed E-state index contributed by atoms with van der Waals surface area (Å²) in [4.78, 5) is 22.4. The van der Waals surface area contributed by atoms with Crippen LogP contribution in [0.2, 0.25) is 0 Å². The van der Waals surface area contributed by atoms with Crippen molar-refractivity contribution in [3.63, 3.8) is 0 Å². The van der Waals surface area contributed by atoms with E-state index in [0.717, 1.165) is 18.2 Å². The molecule has 0 amide bonds. The van der Waals surface area contributed by atoms with Gasteiger partial charge in [-0.1, -0.05) is 42.5 Å². The van der Waals surface area contributed by atoms with E-state index >= 15 is 0 Å². The number of hydrogen-bond donors (Lipinski definition) is 3. The lowest BCUT2D eigenvalue weighted by Crippen LogP contribution is -2.38. The van der Waals surface area contributed by atoms with Gasteiger partial charge in [0, 0.05) is 17.8 Å². The molecule has 0 aromatic heterocycles. The van der Waals surface area contributed by atoms with Crippen LogP contribution in [0.4, 0.5) is 55.3 Å². The highest BCUT2D eigenvalue weighted by Crippen LogP contribution is 2.37. The number of aromatic carboxylic acids is 2. The first kappa shape index (κ1) is 37.2. The van der Waals surface area contributed by atoms with Crippen LogP contribution in [0.15, 0.2) is 66.7 Å². The van der Waals surface area contributed by atoms with Crippen LogP contribution in [-0.2, 0) is 19.3 Å². The van der Waals surface area contributed by atoms with Crippen molar-refractivity contribution in [2.24, 2.45) is 0 Å². The minimum absolute atomic E-state index is 0.0347. The molecule has 0 aliphatic carbocycles. The first-order chi connectivity index (χ1) is 22.2. The van der Waals surface area contributed by atoms with Crippen LogP contribution in [0, 0.1) is 37.1 Å². The van der Waals surface area contributed by atoms with E-state index in [-0.39, 0.29) is 27.4 Å². The van der Waals surface area contributed by atoms with E-state index in [4.69, 9.17) is 10.2 Å². The number of nitrogens with zero attached hydrogens (tertiary/aromatic N) is 1. The van der Waals surface area contributed by atoms with Gasteiger partial charge in [0.2, 0.25) is 0 Å². The van der Waals surface area contributed by atoms with Crippen molar-refractivity contribution in [3.05, 3.63) is 129 Å². The Kier molecular flexibility index (Phi) is 11.3. The van der Waals surface area contributed by atoms with Crippen LogP contribution in [0.1, 0.15) is 48.5 Å². The minimum Gasteiger partial charge on any atom is -0.478 e. The van der Waals surface area contributed by atoms with E-state index in [1.54, 1.807) is 31.2 Å². The second-order valence-electron chi connectivity index (χ2n) is 10.1. The van der Waals surface area contributed by atoms with Crippen molar-refractivity contribution in [1.29, 1.82) is 0 Å². The lowest BCUT2D eigenvalue weighted by atomic mass is 10.1. The summed E-state index contributed by atoms with van der Waals surface area (Å²) in [6, 6.07) is 15.6. The van der Waals surface area contributed by atoms with Gasteiger partial charge in [0.05, 0.1) is 23.4 Å². The number of aryl methyl sites for hydroxylation is 2. The van der Waals surface area contributed by atoms with Crippen molar-refractivity contribution in [3.8, 4) is 0 Å². The van der Waals surface area contributed by atoms with E-state index in [9.17, 15) is 53.5 Å². The van der Waals surface area contributed by atoms with Crippen LogP contribution < -0.4 is 10.2 Å². The van der Waals surface area contributed by atoms with E-state index in [2.05, 4.69) is 5.32 Å². The van der Waals surface area contributed by atoms with Crippen LogP contribution in [0.25, 0.3) is 0 Å². The number of halogens is 10. The lowest BCUT2D eigenvalue weighted by Gasteiger charge is -2.28. The summed E-state index contributed by atoms with van der Waals surface area (Å²) in [5, 5.41) is 20.4. The Balaban J connectivity index is 0.000000264. The predicted molar refractivity (Wildman–Crippen MR) is 154 cm³/mol. The van der Waals surface area contributed by atoms with Crippen LogP contribution in [0.5, 0.6) is 0 Å². The van der Waals surface area contributed by atoms with Crippen LogP contribution in [0.3, 0.4) is 0 Å². The zero-order valence-corrected chi connectivity index (χ0v) is 24.7. The Hall–Kier alpha value is -5.28. The van der Waals surface area contributed by atoms with Gasteiger partial charge in [-0.25, -0.2) is 27.2 Å². The number of alkyl halides is 6. The normalized spacial score (nSPS) is 11.4. The number of carboxylic acid groups (broad SMARTS) is 2. The van der Waals surface area contributed by atoms with Gasteiger partial charge in [-0.05, 0) is 54.8 Å². The summed E-state index contributed by atoms with van der Waals surface area (Å²) >= 11 is 0. The molecule has 6 nitrogen and oxygen atoms in total. The van der Waals surface area contributed by atoms with Crippen LogP contribution >= 0.6 is 0 Å². The van der Waals surface area contributed by atoms with Gasteiger partial charge < -0.3 is 15.5 Å². The smallest absolute Gasteiger partial charge is 0.478 e. The van der Waals surface area contributed by atoms with E-state index in [1.807, 2.05) is 0 Å². The Bertz CT molecular complexity index is 1800. The molecule has 0 spiro atoms. The molecule has 3 N–H and O–H groups in total. The lowest BCUT2D eigenvalue weighted by molar-refractivity contribution is -0.143. The molecule has 0 unspecified atom stereocenters. The molecular weight excluding hydrogens is 666 g/mol. The zero-order valence-electron chi connectivity index (χ0n) is 24.7. The fraction of sp³-hybridized carbons (Fsp3) is 0.188. The number of benzene rings is 4. The van der Waals surface area contributed by atoms with Crippen LogP contribution in [-0.4, -0.2) is 28.5 Å². The molecule has 256 valence electrons. The highest BCUT2D eigenvalue weighted by Gasteiger charge is 2.42. The number of carboxylic acids is 2. The predicted octanol–water partition coefficient (Wildman–Crippen LogP) is 9.10.